The first-order valence-electron chi connectivity index (χ1n) is 7.28. The van der Waals surface area contributed by atoms with Crippen molar-refractivity contribution in [2.24, 2.45) is 16.7 Å². The smallest absolute Gasteiger partial charge is 0.185 e. The quantitative estimate of drug-likeness (QED) is 0.607. The fourth-order valence-corrected chi connectivity index (χ4v) is 4.30. The molecule has 3 atom stereocenters. The second-order valence-corrected chi connectivity index (χ2v) is 7.15. The van der Waals surface area contributed by atoms with Crippen molar-refractivity contribution in [2.45, 2.75) is 46.1 Å². The number of rotatable bonds is 2. The van der Waals surface area contributed by atoms with E-state index in [0.29, 0.717) is 5.92 Å². The lowest BCUT2D eigenvalue weighted by atomic mass is 9.69. The maximum absolute atomic E-state index is 13.8. The molecule has 2 fully saturated rings. The number of hydrogen-bond acceptors (Lipinski definition) is 1. The maximum atomic E-state index is 13.8. The second-order valence-electron chi connectivity index (χ2n) is 7.15. The molecule has 3 rings (SSSR count). The van der Waals surface area contributed by atoms with Gasteiger partial charge in [0.15, 0.2) is 23.3 Å². The maximum Gasteiger partial charge on any atom is 0.185 e. The summed E-state index contributed by atoms with van der Waals surface area (Å²) < 4.78 is 54.2. The fourth-order valence-electron chi connectivity index (χ4n) is 4.30. The summed E-state index contributed by atoms with van der Waals surface area (Å²) >= 11 is 0. The lowest BCUT2D eigenvalue weighted by Crippen LogP contribution is -2.40. The number of nitrogens with one attached hydrogen (secondary N) is 1. The first kappa shape index (κ1) is 14.7. The van der Waals surface area contributed by atoms with Gasteiger partial charge in [0, 0.05) is 12.1 Å². The number of halogens is 4. The fraction of sp³-hybridized carbons (Fsp3) is 0.625. The van der Waals surface area contributed by atoms with Crippen LogP contribution >= 0.6 is 0 Å². The largest absolute Gasteiger partial charge is 0.377 e. The third-order valence-electron chi connectivity index (χ3n) is 6.22. The number of hydrogen-bond donors (Lipinski definition) is 1. The van der Waals surface area contributed by atoms with Crippen LogP contribution in [0.3, 0.4) is 0 Å². The average Bonchev–Trinajstić information content (AvgIpc) is 2.74. The third-order valence-corrected chi connectivity index (χ3v) is 6.22. The van der Waals surface area contributed by atoms with Crippen molar-refractivity contribution >= 4 is 5.69 Å². The molecule has 0 amide bonds. The molecule has 0 spiro atoms. The summed E-state index contributed by atoms with van der Waals surface area (Å²) in [6.45, 7) is 6.40. The highest BCUT2D eigenvalue weighted by Gasteiger charge is 2.61. The molecule has 0 radical (unpaired) electrons. The Labute approximate surface area is 121 Å². The lowest BCUT2D eigenvalue weighted by molar-refractivity contribution is 0.142. The zero-order valence-corrected chi connectivity index (χ0v) is 12.4. The van der Waals surface area contributed by atoms with Crippen LogP contribution in [0.1, 0.15) is 40.0 Å². The van der Waals surface area contributed by atoms with Gasteiger partial charge in [0.25, 0.3) is 0 Å². The van der Waals surface area contributed by atoms with Gasteiger partial charge >= 0.3 is 0 Å². The Bertz CT molecular complexity index is 572. The summed E-state index contributed by atoms with van der Waals surface area (Å²) in [6.07, 6.45) is 2.80. The SMILES string of the molecule is CC1(C)C2CCC1(C)C(Nc1c(F)c(F)cc(F)c1F)C2. The van der Waals surface area contributed by atoms with Gasteiger partial charge in [-0.1, -0.05) is 20.8 Å². The third kappa shape index (κ3) is 1.82. The predicted molar refractivity (Wildman–Crippen MR) is 72.9 cm³/mol. The van der Waals surface area contributed by atoms with E-state index in [-0.39, 0.29) is 22.9 Å². The Morgan fingerprint density at radius 1 is 1.05 bits per heavy atom. The van der Waals surface area contributed by atoms with Gasteiger partial charge < -0.3 is 5.32 Å². The summed E-state index contributed by atoms with van der Waals surface area (Å²) in [4.78, 5) is 0. The number of anilines is 1. The molecule has 2 bridgehead atoms. The molecule has 1 aromatic carbocycles. The highest BCUT2D eigenvalue weighted by molar-refractivity contribution is 5.49. The van der Waals surface area contributed by atoms with E-state index in [2.05, 4.69) is 26.1 Å². The molecule has 116 valence electrons. The van der Waals surface area contributed by atoms with Gasteiger partial charge in [-0.2, -0.15) is 0 Å². The minimum absolute atomic E-state index is 0.0451. The monoisotopic (exact) mass is 301 g/mol. The Balaban J connectivity index is 1.97. The van der Waals surface area contributed by atoms with E-state index in [1.165, 1.54) is 0 Å². The summed E-state index contributed by atoms with van der Waals surface area (Å²) in [7, 11) is 0. The van der Waals surface area contributed by atoms with E-state index in [0.717, 1.165) is 19.3 Å². The van der Waals surface area contributed by atoms with Crippen molar-refractivity contribution < 1.29 is 17.6 Å². The standard InChI is InChI=1S/C16H19F4N/c1-15(2)8-4-5-16(15,3)11(6-8)21-14-12(19)9(17)7-10(18)13(14)20/h7-8,11,21H,4-6H2,1-3H3. The Morgan fingerprint density at radius 2 is 1.62 bits per heavy atom. The molecule has 5 heteroatoms. The summed E-state index contributed by atoms with van der Waals surface area (Å²) in [5.41, 5.74) is -0.773. The van der Waals surface area contributed by atoms with Crippen LogP contribution in [0.25, 0.3) is 0 Å². The molecule has 21 heavy (non-hydrogen) atoms. The zero-order chi connectivity index (χ0) is 15.6. The molecule has 1 aromatic rings. The highest BCUT2D eigenvalue weighted by Crippen LogP contribution is 2.66. The van der Waals surface area contributed by atoms with Gasteiger partial charge in [-0.25, -0.2) is 17.6 Å². The van der Waals surface area contributed by atoms with E-state index >= 15 is 0 Å². The average molecular weight is 301 g/mol. The van der Waals surface area contributed by atoms with Crippen LogP contribution in [-0.4, -0.2) is 6.04 Å². The van der Waals surface area contributed by atoms with Gasteiger partial charge in [-0.05, 0) is 36.0 Å². The van der Waals surface area contributed by atoms with Crippen LogP contribution in [0.5, 0.6) is 0 Å². The molecule has 2 aliphatic rings. The van der Waals surface area contributed by atoms with Gasteiger partial charge in [-0.3, -0.25) is 0 Å². The highest BCUT2D eigenvalue weighted by atomic mass is 19.2. The minimum atomic E-state index is -1.37. The Morgan fingerprint density at radius 3 is 2.05 bits per heavy atom. The van der Waals surface area contributed by atoms with Crippen molar-refractivity contribution in [2.75, 3.05) is 5.32 Å². The molecule has 1 N–H and O–H groups in total. The normalized spacial score (nSPS) is 33.5. The molecule has 0 saturated heterocycles. The van der Waals surface area contributed by atoms with Gasteiger partial charge in [0.1, 0.15) is 5.69 Å². The summed E-state index contributed by atoms with van der Waals surface area (Å²) in [5, 5.41) is 2.76. The van der Waals surface area contributed by atoms with Crippen LogP contribution in [0.2, 0.25) is 0 Å². The van der Waals surface area contributed by atoms with Crippen molar-refractivity contribution in [1.82, 2.24) is 0 Å². The minimum Gasteiger partial charge on any atom is -0.377 e. The molecule has 0 aromatic heterocycles. The molecule has 2 aliphatic carbocycles. The summed E-state index contributed by atoms with van der Waals surface area (Å²) in [6, 6.07) is 0.0545. The molecule has 1 nitrogen and oxygen atoms in total. The van der Waals surface area contributed by atoms with Crippen LogP contribution in [0.15, 0.2) is 6.07 Å². The number of benzene rings is 1. The second kappa shape index (κ2) is 4.37. The van der Waals surface area contributed by atoms with Crippen molar-refractivity contribution in [3.63, 3.8) is 0 Å². The van der Waals surface area contributed by atoms with E-state index < -0.39 is 29.0 Å². The van der Waals surface area contributed by atoms with Crippen molar-refractivity contribution in [3.05, 3.63) is 29.3 Å². The van der Waals surface area contributed by atoms with Crippen molar-refractivity contribution in [1.29, 1.82) is 0 Å². The topological polar surface area (TPSA) is 12.0 Å². The first-order valence-corrected chi connectivity index (χ1v) is 7.28. The Kier molecular flexibility index (Phi) is 3.05. The Hall–Kier alpha value is -1.26. The first-order chi connectivity index (χ1) is 9.68. The summed E-state index contributed by atoms with van der Waals surface area (Å²) in [5.74, 6) is -4.98. The van der Waals surface area contributed by atoms with Crippen LogP contribution in [0, 0.1) is 40.0 Å². The lowest BCUT2D eigenvalue weighted by Gasteiger charge is -2.40. The van der Waals surface area contributed by atoms with Gasteiger partial charge in [0.05, 0.1) is 0 Å². The van der Waals surface area contributed by atoms with Crippen molar-refractivity contribution in [3.8, 4) is 0 Å². The van der Waals surface area contributed by atoms with Gasteiger partial charge in [0.2, 0.25) is 0 Å². The molecule has 2 saturated carbocycles. The molecule has 0 aliphatic heterocycles. The van der Waals surface area contributed by atoms with E-state index in [1.54, 1.807) is 0 Å². The van der Waals surface area contributed by atoms with Crippen LogP contribution in [-0.2, 0) is 0 Å². The van der Waals surface area contributed by atoms with E-state index in [4.69, 9.17) is 0 Å². The van der Waals surface area contributed by atoms with Gasteiger partial charge in [-0.15, -0.1) is 0 Å². The molecular weight excluding hydrogens is 282 g/mol. The van der Waals surface area contributed by atoms with E-state index in [1.807, 2.05) is 0 Å². The number of fused-ring (bicyclic) bond motifs is 2. The molecule has 0 heterocycles. The van der Waals surface area contributed by atoms with Crippen LogP contribution in [0.4, 0.5) is 23.2 Å². The molecule has 3 unspecified atom stereocenters. The van der Waals surface area contributed by atoms with E-state index in [9.17, 15) is 17.6 Å². The predicted octanol–water partition coefficient (Wildman–Crippen LogP) is 4.87. The molecular formula is C16H19F4N. The van der Waals surface area contributed by atoms with Crippen LogP contribution < -0.4 is 5.32 Å². The zero-order valence-electron chi connectivity index (χ0n) is 12.4.